The number of amides is 1. The van der Waals surface area contributed by atoms with E-state index in [1.165, 1.54) is 0 Å². The minimum atomic E-state index is -1.07. The Labute approximate surface area is 103 Å². The van der Waals surface area contributed by atoms with Crippen molar-refractivity contribution in [3.63, 3.8) is 0 Å². The van der Waals surface area contributed by atoms with Crippen molar-refractivity contribution in [2.75, 3.05) is 0 Å². The van der Waals surface area contributed by atoms with E-state index in [0.29, 0.717) is 0 Å². The highest BCUT2D eigenvalue weighted by Crippen LogP contribution is 2.26. The molecule has 0 aromatic heterocycles. The molecule has 0 heterocycles. The lowest BCUT2D eigenvalue weighted by atomic mass is 9.81. The molecule has 4 N–H and O–H groups in total. The summed E-state index contributed by atoms with van der Waals surface area (Å²) in [5.74, 6) is -1.48. The fraction of sp³-hybridized carbons (Fsp3) is 0.833. The number of rotatable bonds is 5. The number of hydrogen-bond donors (Lipinski definition) is 3. The fourth-order valence-electron chi connectivity index (χ4n) is 2.08. The first-order valence-corrected chi connectivity index (χ1v) is 5.72. The van der Waals surface area contributed by atoms with Gasteiger partial charge in [-0.2, -0.15) is 0 Å². The summed E-state index contributed by atoms with van der Waals surface area (Å²) in [7, 11) is 0. The summed E-state index contributed by atoms with van der Waals surface area (Å²) in [6.07, 6.45) is 0.433. The smallest absolute Gasteiger partial charge is 0.305 e. The third-order valence-corrected chi connectivity index (χ3v) is 2.17. The van der Waals surface area contributed by atoms with Gasteiger partial charge in [-0.1, -0.05) is 20.8 Å². The van der Waals surface area contributed by atoms with Crippen LogP contribution in [0.25, 0.3) is 0 Å². The van der Waals surface area contributed by atoms with Gasteiger partial charge in [-0.25, -0.2) is 0 Å². The number of carboxylic acids is 1. The predicted molar refractivity (Wildman–Crippen MR) is 66.5 cm³/mol. The molecule has 1 unspecified atom stereocenters. The van der Waals surface area contributed by atoms with Gasteiger partial charge in [0.2, 0.25) is 5.91 Å². The number of carbonyl (C=O) groups excluding carboxylic acids is 1. The van der Waals surface area contributed by atoms with E-state index in [2.05, 4.69) is 26.1 Å². The van der Waals surface area contributed by atoms with Gasteiger partial charge in [0.25, 0.3) is 0 Å². The summed E-state index contributed by atoms with van der Waals surface area (Å²) in [4.78, 5) is 22.1. The van der Waals surface area contributed by atoms with Crippen LogP contribution in [0.5, 0.6) is 0 Å². The Morgan fingerprint density at radius 3 is 2.06 bits per heavy atom. The van der Waals surface area contributed by atoms with Gasteiger partial charge in [-0.15, -0.1) is 0 Å². The number of aliphatic carboxylic acids is 1. The third-order valence-electron chi connectivity index (χ3n) is 2.17. The van der Waals surface area contributed by atoms with E-state index in [1.807, 2.05) is 13.8 Å². The van der Waals surface area contributed by atoms with E-state index in [9.17, 15) is 9.59 Å². The van der Waals surface area contributed by atoms with E-state index in [1.54, 1.807) is 0 Å². The molecule has 0 rings (SSSR count). The largest absolute Gasteiger partial charge is 0.481 e. The lowest BCUT2D eigenvalue weighted by molar-refractivity contribution is -0.139. The molecule has 5 nitrogen and oxygen atoms in total. The van der Waals surface area contributed by atoms with Crippen molar-refractivity contribution in [3.05, 3.63) is 0 Å². The molecule has 1 amide bonds. The molecule has 17 heavy (non-hydrogen) atoms. The van der Waals surface area contributed by atoms with Crippen molar-refractivity contribution in [3.8, 4) is 0 Å². The topological polar surface area (TPSA) is 92.4 Å². The van der Waals surface area contributed by atoms with Gasteiger partial charge in [0.05, 0.1) is 12.5 Å². The van der Waals surface area contributed by atoms with E-state index < -0.39 is 23.5 Å². The van der Waals surface area contributed by atoms with Crippen LogP contribution in [0.4, 0.5) is 0 Å². The highest BCUT2D eigenvalue weighted by Gasteiger charge is 2.29. The van der Waals surface area contributed by atoms with E-state index in [0.717, 1.165) is 6.42 Å². The van der Waals surface area contributed by atoms with Gasteiger partial charge in [0.1, 0.15) is 0 Å². The van der Waals surface area contributed by atoms with Crippen LogP contribution in [-0.2, 0) is 9.59 Å². The van der Waals surface area contributed by atoms with Crippen molar-refractivity contribution < 1.29 is 14.7 Å². The Balaban J connectivity index is 4.41. The molecule has 0 aromatic rings. The zero-order valence-corrected chi connectivity index (χ0v) is 11.3. The number of nitrogens with one attached hydrogen (secondary N) is 1. The molecule has 0 aromatic carbocycles. The van der Waals surface area contributed by atoms with Gasteiger partial charge in [0.15, 0.2) is 0 Å². The van der Waals surface area contributed by atoms with E-state index in [-0.39, 0.29) is 11.8 Å². The molecule has 0 spiro atoms. The highest BCUT2D eigenvalue weighted by atomic mass is 16.4. The molecule has 0 saturated carbocycles. The normalized spacial score (nSPS) is 14.2. The fourth-order valence-corrected chi connectivity index (χ4v) is 2.08. The van der Waals surface area contributed by atoms with Gasteiger partial charge in [-0.3, -0.25) is 9.59 Å². The Bertz CT molecular complexity index is 293. The quantitative estimate of drug-likeness (QED) is 0.675. The van der Waals surface area contributed by atoms with Crippen LogP contribution in [-0.4, -0.2) is 28.6 Å². The second-order valence-corrected chi connectivity index (χ2v) is 6.31. The Morgan fingerprint density at radius 2 is 1.71 bits per heavy atom. The first kappa shape index (κ1) is 15.9. The lowest BCUT2D eigenvalue weighted by Crippen LogP contribution is -2.52. The van der Waals surface area contributed by atoms with Crippen LogP contribution in [0.1, 0.15) is 47.5 Å². The minimum absolute atomic E-state index is 0.0771. The highest BCUT2D eigenvalue weighted by molar-refractivity contribution is 5.86. The molecule has 0 aliphatic carbocycles. The van der Waals surface area contributed by atoms with Crippen LogP contribution in [0.3, 0.4) is 0 Å². The van der Waals surface area contributed by atoms with Crippen LogP contribution < -0.4 is 11.1 Å². The maximum atomic E-state index is 11.7. The molecule has 0 aliphatic heterocycles. The van der Waals surface area contributed by atoms with Gasteiger partial charge >= 0.3 is 5.97 Å². The van der Waals surface area contributed by atoms with Gasteiger partial charge in [0, 0.05) is 5.54 Å². The Hall–Kier alpha value is -1.10. The zero-order chi connectivity index (χ0) is 13.9. The van der Waals surface area contributed by atoms with Crippen molar-refractivity contribution in [1.82, 2.24) is 5.32 Å². The number of carboxylic acid groups (broad SMARTS) is 1. The summed E-state index contributed by atoms with van der Waals surface area (Å²) in [5.41, 5.74) is 5.18. The second-order valence-electron chi connectivity index (χ2n) is 6.31. The molecular formula is C12H24N2O3. The maximum absolute atomic E-state index is 11.7. The molecule has 0 aliphatic rings. The molecule has 0 bridgehead atoms. The average Bonchev–Trinajstić information content (AvgIpc) is 1.95. The molecule has 1 atom stereocenters. The Morgan fingerprint density at radius 1 is 1.24 bits per heavy atom. The van der Waals surface area contributed by atoms with E-state index >= 15 is 0 Å². The maximum Gasteiger partial charge on any atom is 0.305 e. The van der Waals surface area contributed by atoms with Crippen LogP contribution in [0, 0.1) is 5.41 Å². The van der Waals surface area contributed by atoms with Crippen molar-refractivity contribution >= 4 is 11.9 Å². The summed E-state index contributed by atoms with van der Waals surface area (Å²) in [6, 6.07) is -0.994. The molecule has 0 saturated heterocycles. The summed E-state index contributed by atoms with van der Waals surface area (Å²) in [5, 5.41) is 11.3. The molecule has 0 fully saturated rings. The molecule has 0 radical (unpaired) electrons. The van der Waals surface area contributed by atoms with Crippen LogP contribution >= 0.6 is 0 Å². The lowest BCUT2D eigenvalue weighted by Gasteiger charge is -2.34. The summed E-state index contributed by atoms with van der Waals surface area (Å²) < 4.78 is 0. The summed E-state index contributed by atoms with van der Waals surface area (Å²) in [6.45, 7) is 10.1. The molecular weight excluding hydrogens is 220 g/mol. The number of hydrogen-bond acceptors (Lipinski definition) is 3. The number of nitrogens with two attached hydrogens (primary N) is 1. The van der Waals surface area contributed by atoms with Gasteiger partial charge in [-0.05, 0) is 25.7 Å². The molecule has 5 heteroatoms. The standard InChI is InChI=1S/C12H24N2O3/c1-11(2,3)7-12(4,5)14-10(17)8(13)6-9(15)16/h8H,6-7,13H2,1-5H3,(H,14,17)(H,15,16). The zero-order valence-electron chi connectivity index (χ0n) is 11.3. The third kappa shape index (κ3) is 7.74. The van der Waals surface area contributed by atoms with Crippen molar-refractivity contribution in [2.24, 2.45) is 11.1 Å². The minimum Gasteiger partial charge on any atom is -0.481 e. The van der Waals surface area contributed by atoms with Crippen LogP contribution in [0.15, 0.2) is 0 Å². The Kier molecular flexibility index (Phi) is 5.13. The second kappa shape index (κ2) is 5.49. The first-order chi connectivity index (χ1) is 7.43. The van der Waals surface area contributed by atoms with Gasteiger partial charge < -0.3 is 16.2 Å². The average molecular weight is 244 g/mol. The van der Waals surface area contributed by atoms with E-state index in [4.69, 9.17) is 10.8 Å². The van der Waals surface area contributed by atoms with Crippen LogP contribution in [0.2, 0.25) is 0 Å². The monoisotopic (exact) mass is 244 g/mol. The van der Waals surface area contributed by atoms with Crippen molar-refractivity contribution in [2.45, 2.75) is 59.0 Å². The molecule has 100 valence electrons. The van der Waals surface area contributed by atoms with Crippen molar-refractivity contribution in [1.29, 1.82) is 0 Å². The SMILES string of the molecule is CC(C)(C)CC(C)(C)NC(=O)C(N)CC(=O)O. The predicted octanol–water partition coefficient (Wildman–Crippen LogP) is 1.12. The summed E-state index contributed by atoms with van der Waals surface area (Å²) >= 11 is 0. The number of carbonyl (C=O) groups is 2. The first-order valence-electron chi connectivity index (χ1n) is 5.72.